The number of β-amino-alcohol motifs (C(OH)–C–C–N with tert-alkyl or cyclic N) is 1. The van der Waals surface area contributed by atoms with Crippen LogP contribution >= 0.6 is 0 Å². The van der Waals surface area contributed by atoms with E-state index in [9.17, 15) is 14.7 Å². The van der Waals surface area contributed by atoms with Crippen LogP contribution in [0.15, 0.2) is 0 Å². The van der Waals surface area contributed by atoms with Gasteiger partial charge in [-0.3, -0.25) is 14.5 Å². The van der Waals surface area contributed by atoms with E-state index in [0.29, 0.717) is 0 Å². The maximum atomic E-state index is 11.9. The zero-order chi connectivity index (χ0) is 11.9. The van der Waals surface area contributed by atoms with Gasteiger partial charge in [-0.15, -0.1) is 0 Å². The van der Waals surface area contributed by atoms with Gasteiger partial charge in [-0.2, -0.15) is 0 Å². The lowest BCUT2D eigenvalue weighted by Gasteiger charge is -2.26. The Balaban J connectivity index is 2.12. The SMILES string of the molecule is CC(O)(CO)CN1C(=O)C2CCCC2C1=O. The van der Waals surface area contributed by atoms with Crippen LogP contribution in [0.1, 0.15) is 26.2 Å². The van der Waals surface area contributed by atoms with Crippen molar-refractivity contribution in [1.29, 1.82) is 0 Å². The number of imide groups is 1. The molecule has 2 amide bonds. The summed E-state index contributed by atoms with van der Waals surface area (Å²) in [6.07, 6.45) is 2.47. The fourth-order valence-corrected chi connectivity index (χ4v) is 2.61. The van der Waals surface area contributed by atoms with Crippen molar-refractivity contribution in [2.24, 2.45) is 11.8 Å². The monoisotopic (exact) mass is 227 g/mol. The van der Waals surface area contributed by atoms with Crippen LogP contribution in [0.5, 0.6) is 0 Å². The van der Waals surface area contributed by atoms with Crippen molar-refractivity contribution in [1.82, 2.24) is 4.90 Å². The van der Waals surface area contributed by atoms with Crippen LogP contribution in [0.2, 0.25) is 0 Å². The van der Waals surface area contributed by atoms with Gasteiger partial charge in [0.15, 0.2) is 0 Å². The van der Waals surface area contributed by atoms with Gasteiger partial charge in [0.05, 0.1) is 25.0 Å². The van der Waals surface area contributed by atoms with Gasteiger partial charge in [-0.25, -0.2) is 0 Å². The molecule has 90 valence electrons. The second kappa shape index (κ2) is 3.82. The summed E-state index contributed by atoms with van der Waals surface area (Å²) in [6, 6.07) is 0. The second-order valence-electron chi connectivity index (χ2n) is 5.06. The molecule has 2 N–H and O–H groups in total. The van der Waals surface area contributed by atoms with Crippen molar-refractivity contribution in [2.45, 2.75) is 31.8 Å². The minimum absolute atomic E-state index is 0.103. The van der Waals surface area contributed by atoms with Crippen LogP contribution in [-0.2, 0) is 9.59 Å². The van der Waals surface area contributed by atoms with Gasteiger partial charge >= 0.3 is 0 Å². The Morgan fingerprint density at radius 1 is 1.31 bits per heavy atom. The molecule has 5 heteroatoms. The highest BCUT2D eigenvalue weighted by Gasteiger charge is 2.50. The first-order valence-electron chi connectivity index (χ1n) is 5.65. The van der Waals surface area contributed by atoms with Gasteiger partial charge in [0.25, 0.3) is 0 Å². The molecule has 0 bridgehead atoms. The Morgan fingerprint density at radius 2 is 1.81 bits per heavy atom. The number of amides is 2. The van der Waals surface area contributed by atoms with E-state index >= 15 is 0 Å². The average Bonchev–Trinajstić information content (AvgIpc) is 2.79. The molecule has 3 unspecified atom stereocenters. The number of fused-ring (bicyclic) bond motifs is 1. The summed E-state index contributed by atoms with van der Waals surface area (Å²) < 4.78 is 0. The average molecular weight is 227 g/mol. The zero-order valence-electron chi connectivity index (χ0n) is 9.35. The number of likely N-dealkylation sites (tertiary alicyclic amines) is 1. The number of hydrogen-bond donors (Lipinski definition) is 2. The van der Waals surface area contributed by atoms with E-state index in [2.05, 4.69) is 0 Å². The van der Waals surface area contributed by atoms with Crippen molar-refractivity contribution < 1.29 is 19.8 Å². The maximum Gasteiger partial charge on any atom is 0.233 e. The van der Waals surface area contributed by atoms with Crippen LogP contribution < -0.4 is 0 Å². The molecule has 1 aliphatic carbocycles. The zero-order valence-corrected chi connectivity index (χ0v) is 9.35. The molecule has 5 nitrogen and oxygen atoms in total. The van der Waals surface area contributed by atoms with E-state index in [1.165, 1.54) is 6.92 Å². The lowest BCUT2D eigenvalue weighted by atomic mass is 10.00. The number of aliphatic hydroxyl groups excluding tert-OH is 1. The standard InChI is InChI=1S/C11H17NO4/c1-11(16,6-13)5-12-9(14)7-3-2-4-8(7)10(12)15/h7-8,13,16H,2-6H2,1H3. The molecule has 2 fully saturated rings. The van der Waals surface area contributed by atoms with Crippen LogP contribution in [0.3, 0.4) is 0 Å². The van der Waals surface area contributed by atoms with Gasteiger partial charge in [0, 0.05) is 0 Å². The summed E-state index contributed by atoms with van der Waals surface area (Å²) in [7, 11) is 0. The minimum Gasteiger partial charge on any atom is -0.393 e. The van der Waals surface area contributed by atoms with Crippen LogP contribution in [0.25, 0.3) is 0 Å². The largest absolute Gasteiger partial charge is 0.393 e. The maximum absolute atomic E-state index is 11.9. The van der Waals surface area contributed by atoms with E-state index < -0.39 is 12.2 Å². The topological polar surface area (TPSA) is 77.8 Å². The third-order valence-electron chi connectivity index (χ3n) is 3.52. The predicted molar refractivity (Wildman–Crippen MR) is 55.3 cm³/mol. The number of carbonyl (C=O) groups is 2. The van der Waals surface area contributed by atoms with E-state index in [4.69, 9.17) is 5.11 Å². The fourth-order valence-electron chi connectivity index (χ4n) is 2.61. The summed E-state index contributed by atoms with van der Waals surface area (Å²) in [4.78, 5) is 24.9. The number of hydrogen-bond acceptors (Lipinski definition) is 4. The molecule has 16 heavy (non-hydrogen) atoms. The van der Waals surface area contributed by atoms with Crippen molar-refractivity contribution in [3.05, 3.63) is 0 Å². The molecule has 3 atom stereocenters. The molecule has 2 rings (SSSR count). The van der Waals surface area contributed by atoms with E-state index in [0.717, 1.165) is 24.2 Å². The van der Waals surface area contributed by atoms with Gasteiger partial charge in [0.1, 0.15) is 5.60 Å². The molecule has 1 aliphatic heterocycles. The number of nitrogens with zero attached hydrogens (tertiary/aromatic N) is 1. The third kappa shape index (κ3) is 1.74. The number of rotatable bonds is 3. The lowest BCUT2D eigenvalue weighted by Crippen LogP contribution is -2.46. The molecule has 0 aromatic rings. The smallest absolute Gasteiger partial charge is 0.233 e. The van der Waals surface area contributed by atoms with Crippen LogP contribution in [0, 0.1) is 11.8 Å². The molecule has 2 aliphatic rings. The molecule has 1 saturated heterocycles. The summed E-state index contributed by atoms with van der Waals surface area (Å²) in [5, 5.41) is 18.6. The summed E-state index contributed by atoms with van der Waals surface area (Å²) in [6.45, 7) is 0.856. The van der Waals surface area contributed by atoms with E-state index in [-0.39, 0.29) is 30.2 Å². The summed E-state index contributed by atoms with van der Waals surface area (Å²) >= 11 is 0. The Hall–Kier alpha value is -0.940. The van der Waals surface area contributed by atoms with Gasteiger partial charge in [0.2, 0.25) is 11.8 Å². The molecule has 1 saturated carbocycles. The van der Waals surface area contributed by atoms with Crippen molar-refractivity contribution in [3.8, 4) is 0 Å². The highest BCUT2D eigenvalue weighted by Crippen LogP contribution is 2.39. The van der Waals surface area contributed by atoms with Crippen molar-refractivity contribution >= 4 is 11.8 Å². The Kier molecular flexibility index (Phi) is 2.75. The van der Waals surface area contributed by atoms with Crippen molar-refractivity contribution in [2.75, 3.05) is 13.2 Å². The minimum atomic E-state index is -1.40. The normalized spacial score (nSPS) is 33.1. The first kappa shape index (κ1) is 11.5. The molecule has 1 heterocycles. The first-order chi connectivity index (χ1) is 7.46. The molecule has 0 radical (unpaired) electrons. The lowest BCUT2D eigenvalue weighted by molar-refractivity contribution is -0.145. The Labute approximate surface area is 94.0 Å². The van der Waals surface area contributed by atoms with E-state index in [1.807, 2.05) is 0 Å². The van der Waals surface area contributed by atoms with Crippen LogP contribution in [0.4, 0.5) is 0 Å². The molecule has 0 aromatic heterocycles. The highest BCUT2D eigenvalue weighted by molar-refractivity contribution is 6.05. The van der Waals surface area contributed by atoms with Gasteiger partial charge in [-0.1, -0.05) is 6.42 Å². The number of aliphatic hydroxyl groups is 2. The first-order valence-corrected chi connectivity index (χ1v) is 5.65. The predicted octanol–water partition coefficient (Wildman–Crippen LogP) is -0.485. The quantitative estimate of drug-likeness (QED) is 0.638. The van der Waals surface area contributed by atoms with Crippen molar-refractivity contribution in [3.63, 3.8) is 0 Å². The Bertz CT molecular complexity index is 304. The van der Waals surface area contributed by atoms with Gasteiger partial charge in [-0.05, 0) is 19.8 Å². The summed E-state index contributed by atoms with van der Waals surface area (Å²) in [5.74, 6) is -0.716. The molecular formula is C11H17NO4. The second-order valence-corrected chi connectivity index (χ2v) is 5.06. The fraction of sp³-hybridized carbons (Fsp3) is 0.818. The van der Waals surface area contributed by atoms with E-state index in [1.54, 1.807) is 0 Å². The third-order valence-corrected chi connectivity index (χ3v) is 3.52. The number of carbonyl (C=O) groups excluding carboxylic acids is 2. The molecule has 0 spiro atoms. The molecular weight excluding hydrogens is 210 g/mol. The highest BCUT2D eigenvalue weighted by atomic mass is 16.3. The summed E-state index contributed by atoms with van der Waals surface area (Å²) in [5.41, 5.74) is -1.40. The molecule has 0 aromatic carbocycles. The Morgan fingerprint density at radius 3 is 2.25 bits per heavy atom. The van der Waals surface area contributed by atoms with Crippen LogP contribution in [-0.4, -0.2) is 45.7 Å². The van der Waals surface area contributed by atoms with Gasteiger partial charge < -0.3 is 10.2 Å².